The van der Waals surface area contributed by atoms with E-state index in [1.807, 2.05) is 30.3 Å². The number of hydrogen-bond donors (Lipinski definition) is 1. The van der Waals surface area contributed by atoms with Gasteiger partial charge in [0, 0.05) is 31.5 Å². The zero-order valence-corrected chi connectivity index (χ0v) is 18.9. The minimum absolute atomic E-state index is 0.0192. The molecule has 2 aliphatic rings. The molecule has 168 valence electrons. The molecule has 1 spiro atoms. The van der Waals surface area contributed by atoms with Gasteiger partial charge in [-0.1, -0.05) is 45.0 Å². The number of Topliss-reactive ketones (excluding diaryl/α,β-unsaturated/α-hetero) is 1. The fraction of sp³-hybridized carbons (Fsp3) is 0.423. The summed E-state index contributed by atoms with van der Waals surface area (Å²) >= 11 is 0. The third-order valence-corrected chi connectivity index (χ3v) is 6.44. The lowest BCUT2D eigenvalue weighted by molar-refractivity contribution is -0.133. The van der Waals surface area contributed by atoms with Gasteiger partial charge in [-0.3, -0.25) is 14.4 Å². The van der Waals surface area contributed by atoms with Crippen LogP contribution in [-0.2, 0) is 10.2 Å². The molecule has 2 aromatic rings. The van der Waals surface area contributed by atoms with E-state index < -0.39 is 5.60 Å². The van der Waals surface area contributed by atoms with E-state index in [1.54, 1.807) is 23.1 Å². The van der Waals surface area contributed by atoms with Crippen molar-refractivity contribution in [3.63, 3.8) is 0 Å². The number of nitrogens with one attached hydrogen (secondary N) is 1. The summed E-state index contributed by atoms with van der Waals surface area (Å²) < 4.78 is 6.22. The number of fused-ring (bicyclic) bond motifs is 1. The van der Waals surface area contributed by atoms with E-state index in [0.717, 1.165) is 5.56 Å². The molecule has 6 heteroatoms. The predicted molar refractivity (Wildman–Crippen MR) is 122 cm³/mol. The molecule has 2 aliphatic heterocycles. The topological polar surface area (TPSA) is 75.7 Å². The molecule has 0 aromatic heterocycles. The molecule has 0 aliphatic carbocycles. The fourth-order valence-electron chi connectivity index (χ4n) is 4.38. The Labute approximate surface area is 188 Å². The Balaban J connectivity index is 1.30. The highest BCUT2D eigenvalue weighted by atomic mass is 16.5. The molecule has 1 fully saturated rings. The summed E-state index contributed by atoms with van der Waals surface area (Å²) in [4.78, 5) is 39.4. The number of nitrogens with zero attached hydrogens (tertiary/aromatic N) is 1. The van der Waals surface area contributed by atoms with Crippen LogP contribution < -0.4 is 10.1 Å². The van der Waals surface area contributed by atoms with Crippen molar-refractivity contribution >= 4 is 17.6 Å². The second-order valence-electron chi connectivity index (χ2n) is 9.77. The highest BCUT2D eigenvalue weighted by Crippen LogP contribution is 2.39. The number of ketones is 1. The Bertz CT molecular complexity index is 1030. The molecule has 4 rings (SSSR count). The van der Waals surface area contributed by atoms with Crippen LogP contribution in [0.3, 0.4) is 0 Å². The van der Waals surface area contributed by atoms with Crippen molar-refractivity contribution in [1.82, 2.24) is 10.2 Å². The third-order valence-electron chi connectivity index (χ3n) is 6.44. The van der Waals surface area contributed by atoms with Crippen LogP contribution in [-0.4, -0.2) is 47.7 Å². The van der Waals surface area contributed by atoms with E-state index in [2.05, 4.69) is 26.1 Å². The van der Waals surface area contributed by atoms with Gasteiger partial charge in [0.15, 0.2) is 5.78 Å². The van der Waals surface area contributed by atoms with Crippen LogP contribution in [0.2, 0.25) is 0 Å². The first kappa shape index (κ1) is 22.1. The molecular weight excluding hydrogens is 404 g/mol. The normalized spacial score (nSPS) is 17.5. The van der Waals surface area contributed by atoms with Crippen molar-refractivity contribution in [2.24, 2.45) is 0 Å². The van der Waals surface area contributed by atoms with E-state index in [9.17, 15) is 14.4 Å². The van der Waals surface area contributed by atoms with Crippen molar-refractivity contribution in [3.05, 3.63) is 65.2 Å². The van der Waals surface area contributed by atoms with Crippen LogP contribution >= 0.6 is 0 Å². The first-order chi connectivity index (χ1) is 15.2. The summed E-state index contributed by atoms with van der Waals surface area (Å²) in [5.74, 6) is 0.344. The number of likely N-dealkylation sites (tertiary alicyclic amines) is 1. The van der Waals surface area contributed by atoms with Crippen molar-refractivity contribution in [3.8, 4) is 5.75 Å². The molecule has 1 saturated heterocycles. The largest absolute Gasteiger partial charge is 0.486 e. The molecule has 0 atom stereocenters. The van der Waals surface area contributed by atoms with Crippen LogP contribution in [0.4, 0.5) is 0 Å². The molecule has 2 heterocycles. The number of amides is 2. The van der Waals surface area contributed by atoms with Crippen molar-refractivity contribution in [2.75, 3.05) is 19.6 Å². The maximum absolute atomic E-state index is 12.7. The number of carbonyl (C=O) groups excluding carboxylic acids is 3. The van der Waals surface area contributed by atoms with E-state index in [-0.39, 0.29) is 29.6 Å². The van der Waals surface area contributed by atoms with E-state index in [4.69, 9.17) is 4.74 Å². The maximum atomic E-state index is 12.7. The summed E-state index contributed by atoms with van der Waals surface area (Å²) in [6.45, 7) is 7.33. The summed E-state index contributed by atoms with van der Waals surface area (Å²) in [5, 5.41) is 2.73. The summed E-state index contributed by atoms with van der Waals surface area (Å²) in [7, 11) is 0. The average molecular weight is 435 g/mol. The van der Waals surface area contributed by atoms with Gasteiger partial charge in [-0.2, -0.15) is 0 Å². The van der Waals surface area contributed by atoms with Crippen molar-refractivity contribution in [1.29, 1.82) is 0 Å². The lowest BCUT2D eigenvalue weighted by Gasteiger charge is -2.44. The zero-order valence-electron chi connectivity index (χ0n) is 18.9. The van der Waals surface area contributed by atoms with Crippen LogP contribution in [0.15, 0.2) is 48.5 Å². The smallest absolute Gasteiger partial charge is 0.251 e. The number of rotatable bonds is 3. The van der Waals surface area contributed by atoms with Gasteiger partial charge in [-0.15, -0.1) is 0 Å². The number of ether oxygens (including phenoxy) is 1. The highest BCUT2D eigenvalue weighted by molar-refractivity contribution is 6.00. The lowest BCUT2D eigenvalue weighted by atomic mass is 9.82. The van der Waals surface area contributed by atoms with Gasteiger partial charge in [-0.25, -0.2) is 0 Å². The van der Waals surface area contributed by atoms with Crippen molar-refractivity contribution < 1.29 is 19.1 Å². The number of para-hydroxylation sites is 1. The predicted octanol–water partition coefficient (Wildman–Crippen LogP) is 3.74. The van der Waals surface area contributed by atoms with Gasteiger partial charge in [-0.05, 0) is 35.2 Å². The summed E-state index contributed by atoms with van der Waals surface area (Å²) in [5.41, 5.74) is 1.80. The van der Waals surface area contributed by atoms with Gasteiger partial charge >= 0.3 is 0 Å². The number of piperidine rings is 1. The molecule has 0 unspecified atom stereocenters. The van der Waals surface area contributed by atoms with E-state index in [0.29, 0.717) is 49.2 Å². The number of carbonyl (C=O) groups is 3. The molecule has 0 saturated carbocycles. The Kier molecular flexibility index (Phi) is 5.80. The van der Waals surface area contributed by atoms with E-state index in [1.165, 1.54) is 0 Å². The molecule has 2 aromatic carbocycles. The fourth-order valence-corrected chi connectivity index (χ4v) is 4.38. The molecule has 0 bridgehead atoms. The quantitative estimate of drug-likeness (QED) is 0.799. The Morgan fingerprint density at radius 3 is 2.34 bits per heavy atom. The van der Waals surface area contributed by atoms with Crippen molar-refractivity contribution in [2.45, 2.75) is 51.0 Å². The molecule has 1 N–H and O–H groups in total. The Morgan fingerprint density at radius 2 is 1.69 bits per heavy atom. The van der Waals surface area contributed by atoms with Crippen LogP contribution in [0.5, 0.6) is 5.75 Å². The highest BCUT2D eigenvalue weighted by Gasteiger charge is 2.43. The summed E-state index contributed by atoms with van der Waals surface area (Å²) in [6, 6.07) is 14.8. The molecular formula is C26H30N2O4. The Morgan fingerprint density at radius 1 is 1.03 bits per heavy atom. The number of benzene rings is 2. The van der Waals surface area contributed by atoms with Crippen LogP contribution in [0.1, 0.15) is 66.3 Å². The van der Waals surface area contributed by atoms with Gasteiger partial charge in [0.2, 0.25) is 5.91 Å². The zero-order chi connectivity index (χ0) is 22.9. The lowest BCUT2D eigenvalue weighted by Crippen LogP contribution is -2.53. The summed E-state index contributed by atoms with van der Waals surface area (Å²) in [6.07, 6.45) is 1.54. The van der Waals surface area contributed by atoms with Gasteiger partial charge in [0.25, 0.3) is 5.91 Å². The third kappa shape index (κ3) is 4.54. The molecule has 2 amide bonds. The first-order valence-electron chi connectivity index (χ1n) is 11.1. The van der Waals surface area contributed by atoms with Crippen LogP contribution in [0, 0.1) is 0 Å². The molecule has 6 nitrogen and oxygen atoms in total. The molecule has 32 heavy (non-hydrogen) atoms. The minimum atomic E-state index is -0.541. The van der Waals surface area contributed by atoms with E-state index >= 15 is 0 Å². The number of hydrogen-bond acceptors (Lipinski definition) is 4. The molecule has 0 radical (unpaired) electrons. The van der Waals surface area contributed by atoms with Gasteiger partial charge < -0.3 is 15.0 Å². The monoisotopic (exact) mass is 434 g/mol. The SMILES string of the molecule is CC(C)(C)c1ccc(C(=O)NCC(=O)N2CCC3(CC2)CC(=O)c2ccccc2O3)cc1. The van der Waals surface area contributed by atoms with Crippen LogP contribution in [0.25, 0.3) is 0 Å². The Hall–Kier alpha value is -3.15. The maximum Gasteiger partial charge on any atom is 0.251 e. The standard InChI is InChI=1S/C26H30N2O4/c1-25(2,3)19-10-8-18(9-11-19)24(31)27-17-23(30)28-14-12-26(13-15-28)16-21(29)20-6-4-5-7-22(20)32-26/h4-11H,12-17H2,1-3H3,(H,27,31). The van der Waals surface area contributed by atoms with Gasteiger partial charge in [0.1, 0.15) is 11.4 Å². The first-order valence-corrected chi connectivity index (χ1v) is 11.1. The average Bonchev–Trinajstić information content (AvgIpc) is 2.77. The second kappa shape index (κ2) is 8.41. The minimum Gasteiger partial charge on any atom is -0.486 e. The van der Waals surface area contributed by atoms with Gasteiger partial charge in [0.05, 0.1) is 18.5 Å². The second-order valence-corrected chi connectivity index (χ2v) is 9.77.